The van der Waals surface area contributed by atoms with Crippen LogP contribution >= 0.6 is 8.73 Å². The quantitative estimate of drug-likeness (QED) is 0.481. The van der Waals surface area contributed by atoms with Gasteiger partial charge in [-0.1, -0.05) is 20.3 Å². The fourth-order valence-corrected chi connectivity index (χ4v) is 2.62. The SMILES string of the molecule is CCC1(C)CC1PNNC. The molecule has 3 atom stereocenters. The van der Waals surface area contributed by atoms with Crippen LogP contribution in [0.3, 0.4) is 0 Å². The number of rotatable bonds is 4. The fraction of sp³-hybridized carbons (Fsp3) is 1.00. The molecule has 0 heterocycles. The first-order valence-corrected chi connectivity index (χ1v) is 4.98. The van der Waals surface area contributed by atoms with Crippen molar-refractivity contribution < 1.29 is 0 Å². The molecule has 1 aliphatic rings. The summed E-state index contributed by atoms with van der Waals surface area (Å²) in [5.74, 6) is 0. The minimum absolute atomic E-state index is 0.669. The second-order valence-corrected chi connectivity index (χ2v) is 4.52. The van der Waals surface area contributed by atoms with Gasteiger partial charge in [0.05, 0.1) is 0 Å². The van der Waals surface area contributed by atoms with Gasteiger partial charge in [-0.15, -0.1) is 0 Å². The van der Waals surface area contributed by atoms with Crippen LogP contribution in [-0.2, 0) is 0 Å². The Morgan fingerprint density at radius 2 is 2.40 bits per heavy atom. The van der Waals surface area contributed by atoms with Gasteiger partial charge >= 0.3 is 0 Å². The molecule has 60 valence electrons. The molecule has 0 aromatic rings. The van der Waals surface area contributed by atoms with Crippen molar-refractivity contribution in [2.75, 3.05) is 7.05 Å². The van der Waals surface area contributed by atoms with Crippen LogP contribution in [0.25, 0.3) is 0 Å². The maximum Gasteiger partial charge on any atom is -0.00118 e. The molecule has 0 aromatic carbocycles. The van der Waals surface area contributed by atoms with Crippen molar-refractivity contribution in [3.63, 3.8) is 0 Å². The summed E-state index contributed by atoms with van der Waals surface area (Å²) in [6.45, 7) is 4.66. The number of hydrazine groups is 1. The average Bonchev–Trinajstić information content (AvgIpc) is 2.59. The molecule has 0 saturated heterocycles. The number of hydrogen-bond donors (Lipinski definition) is 2. The van der Waals surface area contributed by atoms with Crippen LogP contribution in [-0.4, -0.2) is 12.7 Å². The summed E-state index contributed by atoms with van der Waals surface area (Å²) in [7, 11) is 2.83. The van der Waals surface area contributed by atoms with Crippen LogP contribution in [0.4, 0.5) is 0 Å². The Labute approximate surface area is 65.0 Å². The molecule has 0 aromatic heterocycles. The highest BCUT2D eigenvalue weighted by atomic mass is 31.1. The van der Waals surface area contributed by atoms with E-state index in [-0.39, 0.29) is 0 Å². The second kappa shape index (κ2) is 3.17. The van der Waals surface area contributed by atoms with Gasteiger partial charge in [0.25, 0.3) is 0 Å². The highest BCUT2D eigenvalue weighted by molar-refractivity contribution is 7.37. The third-order valence-corrected chi connectivity index (χ3v) is 4.17. The molecule has 1 saturated carbocycles. The predicted octanol–water partition coefficient (Wildman–Crippen LogP) is 1.49. The highest BCUT2D eigenvalue weighted by Crippen LogP contribution is 2.57. The van der Waals surface area contributed by atoms with Crippen LogP contribution in [0, 0.1) is 5.41 Å². The van der Waals surface area contributed by atoms with Crippen molar-refractivity contribution in [2.45, 2.75) is 32.3 Å². The maximum absolute atomic E-state index is 3.18. The van der Waals surface area contributed by atoms with Gasteiger partial charge < -0.3 is 0 Å². The largest absolute Gasteiger partial charge is 0.258 e. The van der Waals surface area contributed by atoms with Crippen LogP contribution in [0.1, 0.15) is 26.7 Å². The summed E-state index contributed by atoms with van der Waals surface area (Å²) in [5, 5.41) is 3.18. The standard InChI is InChI=1S/C7H17N2P/c1-4-7(2)5-6(7)10-9-8-3/h6,8-10H,4-5H2,1-3H3. The van der Waals surface area contributed by atoms with E-state index in [1.807, 2.05) is 7.05 Å². The summed E-state index contributed by atoms with van der Waals surface area (Å²) in [4.78, 5) is 0. The fourth-order valence-electron chi connectivity index (χ4n) is 1.18. The van der Waals surface area contributed by atoms with Gasteiger partial charge in [0, 0.05) is 0 Å². The first-order valence-electron chi connectivity index (χ1n) is 3.90. The van der Waals surface area contributed by atoms with E-state index in [2.05, 4.69) is 24.5 Å². The summed E-state index contributed by atoms with van der Waals surface area (Å²) >= 11 is 0. The molecule has 1 rings (SSSR count). The Morgan fingerprint density at radius 1 is 1.70 bits per heavy atom. The minimum Gasteiger partial charge on any atom is -0.258 e. The van der Waals surface area contributed by atoms with Crippen molar-refractivity contribution in [1.82, 2.24) is 10.6 Å². The monoisotopic (exact) mass is 160 g/mol. The zero-order valence-corrected chi connectivity index (χ0v) is 7.99. The van der Waals surface area contributed by atoms with Gasteiger partial charge in [0.15, 0.2) is 0 Å². The smallest absolute Gasteiger partial charge is 0.00118 e. The van der Waals surface area contributed by atoms with E-state index in [1.165, 1.54) is 12.8 Å². The topological polar surface area (TPSA) is 24.1 Å². The minimum atomic E-state index is 0.669. The van der Waals surface area contributed by atoms with Gasteiger partial charge in [0.2, 0.25) is 0 Å². The molecular weight excluding hydrogens is 143 g/mol. The van der Waals surface area contributed by atoms with E-state index >= 15 is 0 Å². The molecule has 1 aliphatic carbocycles. The van der Waals surface area contributed by atoms with E-state index in [0.717, 1.165) is 14.4 Å². The molecule has 10 heavy (non-hydrogen) atoms. The molecule has 0 spiro atoms. The van der Waals surface area contributed by atoms with E-state index in [4.69, 9.17) is 0 Å². The van der Waals surface area contributed by atoms with Crippen LogP contribution in [0.15, 0.2) is 0 Å². The molecule has 0 aliphatic heterocycles. The molecular formula is C7H17N2P. The molecule has 2 nitrogen and oxygen atoms in total. The molecule has 0 amide bonds. The van der Waals surface area contributed by atoms with Crippen molar-refractivity contribution >= 4 is 8.73 Å². The summed E-state index contributed by atoms with van der Waals surface area (Å²) in [6.07, 6.45) is 2.74. The highest BCUT2D eigenvalue weighted by Gasteiger charge is 2.47. The molecule has 3 heteroatoms. The van der Waals surface area contributed by atoms with Gasteiger partial charge in [0.1, 0.15) is 0 Å². The van der Waals surface area contributed by atoms with E-state index in [0.29, 0.717) is 5.41 Å². The Morgan fingerprint density at radius 3 is 2.80 bits per heavy atom. The van der Waals surface area contributed by atoms with Crippen LogP contribution in [0.5, 0.6) is 0 Å². The van der Waals surface area contributed by atoms with Gasteiger partial charge in [-0.2, -0.15) is 0 Å². The van der Waals surface area contributed by atoms with Crippen LogP contribution in [0.2, 0.25) is 0 Å². The van der Waals surface area contributed by atoms with Crippen molar-refractivity contribution in [1.29, 1.82) is 0 Å². The zero-order valence-electron chi connectivity index (χ0n) is 6.99. The molecule has 3 unspecified atom stereocenters. The van der Waals surface area contributed by atoms with Crippen molar-refractivity contribution in [2.24, 2.45) is 5.41 Å². The van der Waals surface area contributed by atoms with Crippen LogP contribution < -0.4 is 10.6 Å². The summed E-state index contributed by atoms with van der Waals surface area (Å²) < 4.78 is 0. The summed E-state index contributed by atoms with van der Waals surface area (Å²) in [6, 6.07) is 0. The van der Waals surface area contributed by atoms with Gasteiger partial charge in [-0.3, -0.25) is 5.43 Å². The Balaban J connectivity index is 2.12. The Bertz CT molecular complexity index is 118. The van der Waals surface area contributed by atoms with Crippen molar-refractivity contribution in [3.8, 4) is 0 Å². The Hall–Kier alpha value is 0.350. The lowest BCUT2D eigenvalue weighted by Crippen LogP contribution is -2.19. The third-order valence-electron chi connectivity index (χ3n) is 2.53. The van der Waals surface area contributed by atoms with Crippen molar-refractivity contribution in [3.05, 3.63) is 0 Å². The lowest BCUT2D eigenvalue weighted by molar-refractivity contribution is 0.553. The normalized spacial score (nSPS) is 39.3. The number of hydrogen-bond acceptors (Lipinski definition) is 2. The first kappa shape index (κ1) is 8.45. The van der Waals surface area contributed by atoms with E-state index in [9.17, 15) is 0 Å². The van der Waals surface area contributed by atoms with E-state index in [1.54, 1.807) is 0 Å². The molecule has 1 fully saturated rings. The lowest BCUT2D eigenvalue weighted by Gasteiger charge is -2.06. The van der Waals surface area contributed by atoms with Gasteiger partial charge in [-0.05, 0) is 33.3 Å². The molecule has 0 radical (unpaired) electrons. The van der Waals surface area contributed by atoms with Gasteiger partial charge in [-0.25, -0.2) is 5.20 Å². The molecule has 0 bridgehead atoms. The predicted molar refractivity (Wildman–Crippen MR) is 47.3 cm³/mol. The number of nitrogens with one attached hydrogen (secondary N) is 2. The molecule has 2 N–H and O–H groups in total. The van der Waals surface area contributed by atoms with E-state index < -0.39 is 0 Å². The zero-order chi connectivity index (χ0) is 7.61. The average molecular weight is 160 g/mol. The second-order valence-electron chi connectivity index (χ2n) is 3.28. The lowest BCUT2D eigenvalue weighted by atomic mass is 10.1. The Kier molecular flexibility index (Phi) is 2.67. The summed E-state index contributed by atoms with van der Waals surface area (Å²) in [5.41, 5.74) is 4.57. The third kappa shape index (κ3) is 1.69. The maximum atomic E-state index is 3.18. The first-order chi connectivity index (χ1) is 4.73.